The summed E-state index contributed by atoms with van der Waals surface area (Å²) in [6, 6.07) is 1.95. The summed E-state index contributed by atoms with van der Waals surface area (Å²) in [6.45, 7) is 8.19. The maximum absolute atomic E-state index is 10.7. The van der Waals surface area contributed by atoms with Crippen LogP contribution in [-0.4, -0.2) is 28.3 Å². The van der Waals surface area contributed by atoms with E-state index in [9.17, 15) is 4.79 Å². The van der Waals surface area contributed by atoms with Gasteiger partial charge in [0, 0.05) is 21.8 Å². The van der Waals surface area contributed by atoms with E-state index in [2.05, 4.69) is 26.2 Å². The molecule has 0 saturated carbocycles. The quantitative estimate of drug-likeness (QED) is 0.826. The van der Waals surface area contributed by atoms with Crippen LogP contribution in [0.4, 0.5) is 4.79 Å². The average Bonchev–Trinajstić information content (AvgIpc) is 2.24. The molecule has 6 heteroatoms. The number of aryl methyl sites for hydroxylation is 1. The lowest BCUT2D eigenvalue weighted by Crippen LogP contribution is -2.44. The number of carbonyl (C=O) groups is 1. The summed E-state index contributed by atoms with van der Waals surface area (Å²) in [5, 5.41) is 11.3. The molecule has 2 N–H and O–H groups in total. The first kappa shape index (κ1) is 16.8. The molecule has 0 aliphatic heterocycles. The zero-order valence-electron chi connectivity index (χ0n) is 12.2. The van der Waals surface area contributed by atoms with E-state index in [1.54, 1.807) is 6.20 Å². The molecule has 0 spiro atoms. The van der Waals surface area contributed by atoms with Crippen LogP contribution >= 0.6 is 15.9 Å². The van der Waals surface area contributed by atoms with E-state index in [0.29, 0.717) is 18.9 Å². The molecule has 0 unspecified atom stereocenters. The first-order valence-corrected chi connectivity index (χ1v) is 7.25. The molecule has 1 heterocycles. The van der Waals surface area contributed by atoms with Crippen molar-refractivity contribution in [3.8, 4) is 5.88 Å². The zero-order valence-corrected chi connectivity index (χ0v) is 13.8. The minimum Gasteiger partial charge on any atom is -0.477 e. The number of nitrogens with one attached hydrogen (secondary N) is 1. The molecule has 112 valence electrons. The van der Waals surface area contributed by atoms with Gasteiger partial charge in [0.2, 0.25) is 5.88 Å². The van der Waals surface area contributed by atoms with E-state index in [-0.39, 0.29) is 5.92 Å². The van der Waals surface area contributed by atoms with Gasteiger partial charge in [-0.25, -0.2) is 9.78 Å². The number of pyridine rings is 1. The van der Waals surface area contributed by atoms with E-state index in [1.807, 2.05) is 33.8 Å². The highest BCUT2D eigenvalue weighted by Gasteiger charge is 2.23. The standard InChI is InChI=1S/C14H21BrN2O3/c1-9(6-14(3,4)17-13(18)19)8-20-12-10(2)5-11(15)7-16-12/h5,7,9,17H,6,8H2,1-4H3,(H,18,19)/t9-/m0/s1. The number of halogens is 1. The predicted octanol–water partition coefficient (Wildman–Crippen LogP) is 3.60. The summed E-state index contributed by atoms with van der Waals surface area (Å²) in [4.78, 5) is 14.9. The van der Waals surface area contributed by atoms with Crippen molar-refractivity contribution in [1.82, 2.24) is 10.3 Å². The van der Waals surface area contributed by atoms with Gasteiger partial charge >= 0.3 is 6.09 Å². The third-order valence-electron chi connectivity index (χ3n) is 2.81. The number of carboxylic acid groups (broad SMARTS) is 1. The van der Waals surface area contributed by atoms with Gasteiger partial charge in [-0.1, -0.05) is 6.92 Å². The highest BCUT2D eigenvalue weighted by Crippen LogP contribution is 2.21. The van der Waals surface area contributed by atoms with Crippen molar-refractivity contribution in [2.75, 3.05) is 6.61 Å². The highest BCUT2D eigenvalue weighted by molar-refractivity contribution is 9.10. The molecule has 1 amide bonds. The molecular weight excluding hydrogens is 324 g/mol. The number of aromatic nitrogens is 1. The Bertz CT molecular complexity index is 477. The summed E-state index contributed by atoms with van der Waals surface area (Å²) < 4.78 is 6.62. The van der Waals surface area contributed by atoms with Gasteiger partial charge in [-0.05, 0) is 55.1 Å². The van der Waals surface area contributed by atoms with Crippen molar-refractivity contribution in [1.29, 1.82) is 0 Å². The Balaban J connectivity index is 2.50. The topological polar surface area (TPSA) is 71.5 Å². The molecule has 0 saturated heterocycles. The highest BCUT2D eigenvalue weighted by atomic mass is 79.9. The normalized spacial score (nSPS) is 12.8. The van der Waals surface area contributed by atoms with Gasteiger partial charge in [0.25, 0.3) is 0 Å². The fraction of sp³-hybridized carbons (Fsp3) is 0.571. The molecule has 20 heavy (non-hydrogen) atoms. The van der Waals surface area contributed by atoms with E-state index in [1.165, 1.54) is 0 Å². The largest absolute Gasteiger partial charge is 0.477 e. The van der Waals surface area contributed by atoms with Gasteiger partial charge in [0.05, 0.1) is 6.61 Å². The van der Waals surface area contributed by atoms with Gasteiger partial charge in [0.15, 0.2) is 0 Å². The van der Waals surface area contributed by atoms with Crippen molar-refractivity contribution in [3.05, 3.63) is 22.3 Å². The zero-order chi connectivity index (χ0) is 15.3. The number of ether oxygens (including phenoxy) is 1. The minimum atomic E-state index is -1.01. The van der Waals surface area contributed by atoms with Gasteiger partial charge in [0.1, 0.15) is 0 Å². The third-order valence-corrected chi connectivity index (χ3v) is 3.24. The van der Waals surface area contributed by atoms with Crippen molar-refractivity contribution < 1.29 is 14.6 Å². The van der Waals surface area contributed by atoms with E-state index < -0.39 is 11.6 Å². The van der Waals surface area contributed by atoms with Crippen molar-refractivity contribution in [2.24, 2.45) is 5.92 Å². The fourth-order valence-corrected chi connectivity index (χ4v) is 2.62. The fourth-order valence-electron chi connectivity index (χ4n) is 2.17. The van der Waals surface area contributed by atoms with Crippen molar-refractivity contribution in [3.63, 3.8) is 0 Å². The molecule has 1 aromatic rings. The first-order valence-electron chi connectivity index (χ1n) is 6.45. The average molecular weight is 345 g/mol. The van der Waals surface area contributed by atoms with Gasteiger partial charge in [-0.2, -0.15) is 0 Å². The Morgan fingerprint density at radius 1 is 1.60 bits per heavy atom. The summed E-state index contributed by atoms with van der Waals surface area (Å²) >= 11 is 3.36. The van der Waals surface area contributed by atoms with Crippen LogP contribution < -0.4 is 10.1 Å². The Labute approximate surface area is 127 Å². The smallest absolute Gasteiger partial charge is 0.405 e. The Morgan fingerprint density at radius 3 is 2.80 bits per heavy atom. The molecule has 0 aromatic carbocycles. The van der Waals surface area contributed by atoms with E-state index in [0.717, 1.165) is 10.0 Å². The molecule has 0 bridgehead atoms. The van der Waals surface area contributed by atoms with E-state index in [4.69, 9.17) is 9.84 Å². The molecule has 0 radical (unpaired) electrons. The second kappa shape index (κ2) is 6.92. The predicted molar refractivity (Wildman–Crippen MR) is 81.2 cm³/mol. The monoisotopic (exact) mass is 344 g/mol. The van der Waals surface area contributed by atoms with Crippen LogP contribution in [0.3, 0.4) is 0 Å². The summed E-state index contributed by atoms with van der Waals surface area (Å²) in [5.74, 6) is 0.825. The molecule has 1 rings (SSSR count). The third kappa shape index (κ3) is 5.77. The van der Waals surface area contributed by atoms with Crippen LogP contribution in [0.2, 0.25) is 0 Å². The second-order valence-corrected chi connectivity index (χ2v) is 6.63. The van der Waals surface area contributed by atoms with Gasteiger partial charge in [-0.15, -0.1) is 0 Å². The Kier molecular flexibility index (Phi) is 5.80. The lowest BCUT2D eigenvalue weighted by molar-refractivity contribution is 0.168. The van der Waals surface area contributed by atoms with Crippen LogP contribution in [0.15, 0.2) is 16.7 Å². The number of hydrogen-bond acceptors (Lipinski definition) is 3. The first-order chi connectivity index (χ1) is 9.19. The number of nitrogens with zero attached hydrogens (tertiary/aromatic N) is 1. The van der Waals surface area contributed by atoms with Crippen LogP contribution in [0.1, 0.15) is 32.8 Å². The second-order valence-electron chi connectivity index (χ2n) is 5.71. The van der Waals surface area contributed by atoms with Crippen LogP contribution in [0.5, 0.6) is 5.88 Å². The van der Waals surface area contributed by atoms with E-state index >= 15 is 0 Å². The lowest BCUT2D eigenvalue weighted by atomic mass is 9.92. The van der Waals surface area contributed by atoms with Gasteiger partial charge < -0.3 is 15.2 Å². The number of hydrogen-bond donors (Lipinski definition) is 2. The molecule has 0 fully saturated rings. The van der Waals surface area contributed by atoms with Crippen LogP contribution in [0.25, 0.3) is 0 Å². The molecule has 0 aliphatic carbocycles. The summed E-state index contributed by atoms with van der Waals surface area (Å²) in [6.07, 6.45) is 1.38. The molecule has 5 nitrogen and oxygen atoms in total. The van der Waals surface area contributed by atoms with Crippen LogP contribution in [-0.2, 0) is 0 Å². The minimum absolute atomic E-state index is 0.210. The molecule has 1 aromatic heterocycles. The SMILES string of the molecule is Cc1cc(Br)cnc1OC[C@@H](C)CC(C)(C)NC(=O)O. The number of amides is 1. The summed E-state index contributed by atoms with van der Waals surface area (Å²) in [7, 11) is 0. The maximum atomic E-state index is 10.7. The molecule has 1 atom stereocenters. The summed E-state index contributed by atoms with van der Waals surface area (Å²) in [5.41, 5.74) is 0.492. The maximum Gasteiger partial charge on any atom is 0.405 e. The molecular formula is C14H21BrN2O3. The van der Waals surface area contributed by atoms with Crippen molar-refractivity contribution >= 4 is 22.0 Å². The van der Waals surface area contributed by atoms with Gasteiger partial charge in [-0.3, -0.25) is 0 Å². The van der Waals surface area contributed by atoms with Crippen LogP contribution in [0, 0.1) is 12.8 Å². The number of rotatable bonds is 6. The molecule has 0 aliphatic rings. The Hall–Kier alpha value is -1.30. The lowest BCUT2D eigenvalue weighted by Gasteiger charge is -2.27. The van der Waals surface area contributed by atoms with Crippen molar-refractivity contribution in [2.45, 2.75) is 39.7 Å². The Morgan fingerprint density at radius 2 is 2.25 bits per heavy atom.